The van der Waals surface area contributed by atoms with E-state index in [0.717, 1.165) is 5.69 Å². The quantitative estimate of drug-likeness (QED) is 0.444. The Labute approximate surface area is 175 Å². The lowest BCUT2D eigenvalue weighted by Gasteiger charge is -2.11. The van der Waals surface area contributed by atoms with Gasteiger partial charge in [0, 0.05) is 22.5 Å². The van der Waals surface area contributed by atoms with Crippen LogP contribution in [0.5, 0.6) is 0 Å². The van der Waals surface area contributed by atoms with Crippen LogP contribution in [-0.2, 0) is 0 Å². The van der Waals surface area contributed by atoms with Gasteiger partial charge in [0.1, 0.15) is 5.82 Å². The number of hydrogen-bond acceptors (Lipinski definition) is 4. The van der Waals surface area contributed by atoms with Gasteiger partial charge < -0.3 is 4.57 Å². The number of carbonyl (C=O) groups is 2. The second-order valence-electron chi connectivity index (χ2n) is 6.95. The molecule has 0 saturated heterocycles. The fourth-order valence-corrected chi connectivity index (χ4v) is 3.51. The third kappa shape index (κ3) is 3.68. The van der Waals surface area contributed by atoms with Crippen LogP contribution in [0.3, 0.4) is 0 Å². The zero-order valence-electron chi connectivity index (χ0n) is 16.7. The van der Waals surface area contributed by atoms with E-state index in [4.69, 9.17) is 0 Å². The highest BCUT2D eigenvalue weighted by atomic mass is 19.1. The first-order valence-corrected chi connectivity index (χ1v) is 9.40. The molecule has 0 radical (unpaired) electrons. The lowest BCUT2D eigenvalue weighted by molar-refractivity contribution is 0.0844. The van der Waals surface area contributed by atoms with Crippen LogP contribution in [-0.4, -0.2) is 26.6 Å². The molecule has 0 aliphatic rings. The van der Waals surface area contributed by atoms with Crippen molar-refractivity contribution in [3.8, 4) is 5.69 Å². The third-order valence-electron chi connectivity index (χ3n) is 4.96. The molecule has 0 bridgehead atoms. The molecule has 156 valence electrons. The summed E-state index contributed by atoms with van der Waals surface area (Å²) < 4.78 is 15.0. The molecule has 8 nitrogen and oxygen atoms in total. The molecule has 4 aromatic rings. The Hall–Kier alpha value is -4.27. The van der Waals surface area contributed by atoms with E-state index < -0.39 is 17.4 Å². The summed E-state index contributed by atoms with van der Waals surface area (Å²) in [5.74, 6) is -1.55. The fourth-order valence-electron chi connectivity index (χ4n) is 3.51. The van der Waals surface area contributed by atoms with E-state index in [9.17, 15) is 18.8 Å². The minimum atomic E-state index is -0.673. The second-order valence-corrected chi connectivity index (χ2v) is 6.95. The minimum Gasteiger partial charge on any atom is -0.318 e. The SMILES string of the molecule is Cc1cc(C(=O)NNC(=O)c2n[nH]c(=O)c3ccccc23)c(C)n1-c1ccc(F)cc1. The molecule has 9 heteroatoms. The molecule has 0 aliphatic carbocycles. The predicted molar refractivity (Wildman–Crippen MR) is 112 cm³/mol. The van der Waals surface area contributed by atoms with Crippen molar-refractivity contribution >= 4 is 22.6 Å². The largest absolute Gasteiger partial charge is 0.318 e. The summed E-state index contributed by atoms with van der Waals surface area (Å²) >= 11 is 0. The van der Waals surface area contributed by atoms with Gasteiger partial charge in [0.05, 0.1) is 10.9 Å². The number of fused-ring (bicyclic) bond motifs is 1. The Morgan fingerprint density at radius 1 is 0.968 bits per heavy atom. The Kier molecular flexibility index (Phi) is 5.08. The molecular formula is C22H18FN5O3. The van der Waals surface area contributed by atoms with Gasteiger partial charge in [-0.1, -0.05) is 18.2 Å². The maximum absolute atomic E-state index is 13.2. The number of carbonyl (C=O) groups excluding carboxylic acids is 2. The number of halogens is 1. The van der Waals surface area contributed by atoms with E-state index in [-0.39, 0.29) is 11.5 Å². The van der Waals surface area contributed by atoms with Crippen molar-refractivity contribution in [3.05, 3.63) is 93.4 Å². The zero-order chi connectivity index (χ0) is 22.1. The summed E-state index contributed by atoms with van der Waals surface area (Å²) in [4.78, 5) is 37.1. The van der Waals surface area contributed by atoms with E-state index in [1.165, 1.54) is 12.1 Å². The Morgan fingerprint density at radius 3 is 2.32 bits per heavy atom. The number of aromatic amines is 1. The molecule has 0 fully saturated rings. The van der Waals surface area contributed by atoms with Gasteiger partial charge in [-0.25, -0.2) is 9.49 Å². The summed E-state index contributed by atoms with van der Waals surface area (Å²) in [6.45, 7) is 3.58. The number of hydrazine groups is 1. The Morgan fingerprint density at radius 2 is 1.61 bits per heavy atom. The minimum absolute atomic E-state index is 0.0210. The highest BCUT2D eigenvalue weighted by Gasteiger charge is 2.19. The average molecular weight is 419 g/mol. The fraction of sp³-hybridized carbons (Fsp3) is 0.0909. The third-order valence-corrected chi connectivity index (χ3v) is 4.96. The van der Waals surface area contributed by atoms with Gasteiger partial charge in [0.25, 0.3) is 17.4 Å². The molecule has 2 aromatic heterocycles. The van der Waals surface area contributed by atoms with Crippen LogP contribution < -0.4 is 16.4 Å². The van der Waals surface area contributed by atoms with Crippen molar-refractivity contribution in [1.29, 1.82) is 0 Å². The molecule has 0 aliphatic heterocycles. The number of rotatable bonds is 3. The second kappa shape index (κ2) is 7.86. The maximum Gasteiger partial charge on any atom is 0.290 e. The van der Waals surface area contributed by atoms with Gasteiger partial charge in [0.15, 0.2) is 5.69 Å². The first kappa shape index (κ1) is 20.0. The maximum atomic E-state index is 13.2. The van der Waals surface area contributed by atoms with Crippen LogP contribution in [0.2, 0.25) is 0 Å². The number of benzene rings is 2. The van der Waals surface area contributed by atoms with Crippen molar-refractivity contribution in [3.63, 3.8) is 0 Å². The number of nitrogens with zero attached hydrogens (tertiary/aromatic N) is 2. The average Bonchev–Trinajstić information content (AvgIpc) is 3.07. The number of aryl methyl sites for hydroxylation is 1. The molecule has 2 amide bonds. The molecule has 0 unspecified atom stereocenters. The summed E-state index contributed by atoms with van der Waals surface area (Å²) in [5, 5.41) is 6.76. The number of H-pyrrole nitrogens is 1. The van der Waals surface area contributed by atoms with Crippen molar-refractivity contribution in [1.82, 2.24) is 25.6 Å². The monoisotopic (exact) mass is 419 g/mol. The van der Waals surface area contributed by atoms with Crippen LogP contribution in [0.4, 0.5) is 4.39 Å². The zero-order valence-corrected chi connectivity index (χ0v) is 16.7. The highest BCUT2D eigenvalue weighted by Crippen LogP contribution is 2.21. The van der Waals surface area contributed by atoms with Gasteiger partial charge in [-0.05, 0) is 50.2 Å². The van der Waals surface area contributed by atoms with E-state index in [2.05, 4.69) is 21.0 Å². The molecule has 2 heterocycles. The Balaban J connectivity index is 1.56. The standard InChI is InChI=1S/C22H18FN5O3/c1-12-11-18(13(2)28(12)15-9-7-14(23)8-10-15)21(30)26-27-22(31)19-16-5-3-4-6-17(16)20(29)25-24-19/h3-11H,1-2H3,(H,25,29)(H,26,30)(H,27,31). The van der Waals surface area contributed by atoms with Crippen molar-refractivity contribution in [2.75, 3.05) is 0 Å². The lowest BCUT2D eigenvalue weighted by atomic mass is 10.1. The molecular weight excluding hydrogens is 401 g/mol. The summed E-state index contributed by atoms with van der Waals surface area (Å²) in [5.41, 5.74) is 6.73. The molecule has 0 saturated carbocycles. The van der Waals surface area contributed by atoms with Gasteiger partial charge in [0.2, 0.25) is 0 Å². The normalized spacial score (nSPS) is 10.8. The van der Waals surface area contributed by atoms with E-state index >= 15 is 0 Å². The van der Waals surface area contributed by atoms with Crippen LogP contribution in [0.15, 0.2) is 59.4 Å². The summed E-state index contributed by atoms with van der Waals surface area (Å²) in [6.07, 6.45) is 0. The van der Waals surface area contributed by atoms with E-state index in [0.29, 0.717) is 27.7 Å². The van der Waals surface area contributed by atoms with Gasteiger partial charge in [-0.2, -0.15) is 5.10 Å². The number of hydrogen-bond donors (Lipinski definition) is 3. The number of aromatic nitrogens is 3. The van der Waals surface area contributed by atoms with Crippen molar-refractivity contribution in [2.24, 2.45) is 0 Å². The number of amides is 2. The molecule has 4 rings (SSSR count). The Bertz CT molecular complexity index is 1370. The van der Waals surface area contributed by atoms with E-state index in [1.807, 2.05) is 11.5 Å². The van der Waals surface area contributed by atoms with E-state index in [1.54, 1.807) is 49.4 Å². The van der Waals surface area contributed by atoms with Gasteiger partial charge in [-0.15, -0.1) is 0 Å². The van der Waals surface area contributed by atoms with Gasteiger partial charge in [-0.3, -0.25) is 25.2 Å². The smallest absolute Gasteiger partial charge is 0.290 e. The highest BCUT2D eigenvalue weighted by molar-refractivity contribution is 6.06. The first-order valence-electron chi connectivity index (χ1n) is 9.40. The number of nitrogens with one attached hydrogen (secondary N) is 3. The molecule has 0 atom stereocenters. The summed E-state index contributed by atoms with van der Waals surface area (Å²) in [7, 11) is 0. The molecule has 3 N–H and O–H groups in total. The van der Waals surface area contributed by atoms with Gasteiger partial charge >= 0.3 is 0 Å². The molecule has 31 heavy (non-hydrogen) atoms. The van der Waals surface area contributed by atoms with Crippen molar-refractivity contribution < 1.29 is 14.0 Å². The lowest BCUT2D eigenvalue weighted by Crippen LogP contribution is -2.42. The predicted octanol–water partition coefficient (Wildman–Crippen LogP) is 2.54. The molecule has 2 aromatic carbocycles. The van der Waals surface area contributed by atoms with Crippen LogP contribution in [0.25, 0.3) is 16.5 Å². The van der Waals surface area contributed by atoms with Crippen LogP contribution in [0.1, 0.15) is 32.2 Å². The van der Waals surface area contributed by atoms with Crippen LogP contribution in [0, 0.1) is 19.7 Å². The topological polar surface area (TPSA) is 109 Å². The summed E-state index contributed by atoms with van der Waals surface area (Å²) in [6, 6.07) is 14.1. The first-order chi connectivity index (χ1) is 14.9. The van der Waals surface area contributed by atoms with Crippen molar-refractivity contribution in [2.45, 2.75) is 13.8 Å². The molecule has 0 spiro atoms. The van der Waals surface area contributed by atoms with Crippen LogP contribution >= 0.6 is 0 Å².